The Bertz CT molecular complexity index is 400. The fourth-order valence-electron chi connectivity index (χ4n) is 1.32. The van der Waals surface area contributed by atoms with E-state index in [4.69, 9.17) is 51.1 Å². The molecule has 0 aromatic carbocycles. The molecule has 0 aliphatic carbocycles. The number of carboxylic acids is 2. The zero-order valence-corrected chi connectivity index (χ0v) is 25.1. The molecule has 0 aliphatic rings. The van der Waals surface area contributed by atoms with Gasteiger partial charge in [-0.3, -0.25) is 0 Å². The van der Waals surface area contributed by atoms with Crippen LogP contribution in [-0.2, 0) is 9.59 Å². The number of aliphatic hydroxyl groups is 10. The van der Waals surface area contributed by atoms with E-state index < -0.39 is 74.0 Å². The predicted molar refractivity (Wildman–Crippen MR) is 83.7 cm³/mol. The molecule has 0 fully saturated rings. The molecule has 0 unspecified atom stereocenters. The molecule has 30 heavy (non-hydrogen) atoms. The third-order valence-corrected chi connectivity index (χ3v) is 2.99. The summed E-state index contributed by atoms with van der Waals surface area (Å²) in [7, 11) is 0. The largest absolute Gasteiger partial charge is 1.00 e. The minimum atomic E-state index is -2.31. The molecule has 0 saturated heterocycles. The van der Waals surface area contributed by atoms with E-state index in [-0.39, 0.29) is 108 Å². The van der Waals surface area contributed by atoms with Crippen LogP contribution < -0.4 is 69.3 Å². The monoisotopic (exact) mass is 678 g/mol. The van der Waals surface area contributed by atoms with Crippen molar-refractivity contribution in [1.29, 1.82) is 0 Å². The Kier molecular flexibility index (Phi) is 37.0. The first-order valence-electron chi connectivity index (χ1n) is 6.91. The number of carbonyl (C=O) groups excluding carboxylic acids is 2. The van der Waals surface area contributed by atoms with E-state index in [1.807, 2.05) is 0 Å². The van der Waals surface area contributed by atoms with Crippen LogP contribution in [-0.4, -0.2) is 174 Å². The molecule has 0 aromatic rings. The van der Waals surface area contributed by atoms with Crippen molar-refractivity contribution in [3.05, 3.63) is 0 Å². The average Bonchev–Trinajstić information content (AvgIpc) is 2.62. The van der Waals surface area contributed by atoms with Gasteiger partial charge in [0.25, 0.3) is 0 Å². The van der Waals surface area contributed by atoms with Crippen molar-refractivity contribution in [1.82, 2.24) is 0 Å². The summed E-state index contributed by atoms with van der Waals surface area (Å²) in [6.45, 7) is -1.73. The fourth-order valence-corrected chi connectivity index (χ4v) is 1.32. The first-order valence-corrected chi connectivity index (χ1v) is 6.91. The molecule has 8 atom stereocenters. The molecule has 0 heterocycles. The molecule has 0 rings (SSSR count). The zero-order valence-electron chi connectivity index (χ0n) is 16.0. The van der Waals surface area contributed by atoms with Crippen LogP contribution in [0.4, 0.5) is 0 Å². The van der Waals surface area contributed by atoms with E-state index in [0.29, 0.717) is 0 Å². The maximum atomic E-state index is 9.98. The van der Waals surface area contributed by atoms with Crippen LogP contribution in [0.3, 0.4) is 0 Å². The molecular formula is C12H22Na2O14Sb2. The summed E-state index contributed by atoms with van der Waals surface area (Å²) in [5, 5.41) is 107. The Hall–Kier alpha value is 2.18. The SMILES string of the molecule is O=C([O-])[C@H](O)[C@@H](O)[C@H](O)[C@H](O)CO.O=C([O-])[C@H](O)[C@@H](O)[C@H](O)[C@H](O)CO.[Na+].[Na+].[Sb].[Sb]. The normalized spacial score (nSPS) is 17.7. The number of aliphatic carboxylic acids is 2. The molecule has 6 radical (unpaired) electrons. The molecule has 0 spiro atoms. The van der Waals surface area contributed by atoms with Gasteiger partial charge in [-0.2, -0.15) is 0 Å². The third-order valence-electron chi connectivity index (χ3n) is 2.99. The maximum absolute atomic E-state index is 9.98. The van der Waals surface area contributed by atoms with Crippen molar-refractivity contribution in [2.75, 3.05) is 13.2 Å². The molecule has 166 valence electrons. The molecule has 0 saturated carbocycles. The van der Waals surface area contributed by atoms with Crippen LogP contribution in [0.15, 0.2) is 0 Å². The molecule has 14 nitrogen and oxygen atoms in total. The molecule has 0 aliphatic heterocycles. The molecule has 18 heteroatoms. The van der Waals surface area contributed by atoms with Crippen LogP contribution in [0.1, 0.15) is 0 Å². The van der Waals surface area contributed by atoms with Gasteiger partial charge in [0.15, 0.2) is 0 Å². The van der Waals surface area contributed by atoms with Gasteiger partial charge in [-0.15, -0.1) is 0 Å². The summed E-state index contributed by atoms with van der Waals surface area (Å²) < 4.78 is 0. The van der Waals surface area contributed by atoms with Gasteiger partial charge in [-0.05, 0) is 0 Å². The smallest absolute Gasteiger partial charge is 0.547 e. The van der Waals surface area contributed by atoms with Crippen molar-refractivity contribution in [2.24, 2.45) is 0 Å². The van der Waals surface area contributed by atoms with Crippen LogP contribution in [0.2, 0.25) is 0 Å². The van der Waals surface area contributed by atoms with Crippen LogP contribution >= 0.6 is 0 Å². The van der Waals surface area contributed by atoms with Crippen molar-refractivity contribution < 1.29 is 130 Å². The Morgan fingerprint density at radius 1 is 0.567 bits per heavy atom. The summed E-state index contributed by atoms with van der Waals surface area (Å²) in [6, 6.07) is 0. The van der Waals surface area contributed by atoms with Gasteiger partial charge in [0.1, 0.15) is 48.8 Å². The maximum Gasteiger partial charge on any atom is 1.00 e. The Labute approximate surface area is 250 Å². The van der Waals surface area contributed by atoms with Gasteiger partial charge in [0.05, 0.1) is 25.2 Å². The van der Waals surface area contributed by atoms with Crippen LogP contribution in [0.5, 0.6) is 0 Å². The minimum absolute atomic E-state index is 0. The van der Waals surface area contributed by atoms with Crippen molar-refractivity contribution in [2.45, 2.75) is 48.8 Å². The number of hydrogen-bond donors (Lipinski definition) is 10. The van der Waals surface area contributed by atoms with Crippen LogP contribution in [0.25, 0.3) is 0 Å². The number of hydrogen-bond acceptors (Lipinski definition) is 14. The molecule has 0 amide bonds. The quantitative estimate of drug-likeness (QED) is 0.0961. The van der Waals surface area contributed by atoms with Gasteiger partial charge in [-0.1, -0.05) is 0 Å². The van der Waals surface area contributed by atoms with E-state index in [1.54, 1.807) is 0 Å². The number of carbonyl (C=O) groups is 2. The van der Waals surface area contributed by atoms with E-state index in [0.717, 1.165) is 0 Å². The fraction of sp³-hybridized carbons (Fsp3) is 0.833. The number of rotatable bonds is 10. The third kappa shape index (κ3) is 17.6. The number of carboxylic acid groups (broad SMARTS) is 2. The van der Waals surface area contributed by atoms with Gasteiger partial charge < -0.3 is 70.9 Å². The van der Waals surface area contributed by atoms with E-state index in [1.165, 1.54) is 0 Å². The standard InChI is InChI=1S/2C6H12O7.2Na.2Sb/c2*7-1-2(8)3(9)4(10)5(11)6(12)13;;;;/h2*2-5,7-11H,1H2,(H,12,13);;;;/q;;2*+1;;/p-2/t2*2-,3-,4+,5-;;;;/m11..../s1. The second-order valence-electron chi connectivity index (χ2n) is 4.99. The van der Waals surface area contributed by atoms with E-state index >= 15 is 0 Å². The number of aliphatic hydroxyl groups excluding tert-OH is 10. The van der Waals surface area contributed by atoms with Gasteiger partial charge in [-0.25, -0.2) is 0 Å². The van der Waals surface area contributed by atoms with Crippen molar-refractivity contribution in [3.63, 3.8) is 0 Å². The molecular weight excluding hydrogens is 658 g/mol. The molecule has 10 N–H and O–H groups in total. The average molecular weight is 680 g/mol. The van der Waals surface area contributed by atoms with Crippen LogP contribution in [0, 0.1) is 0 Å². The van der Waals surface area contributed by atoms with Gasteiger partial charge >= 0.3 is 59.1 Å². The van der Waals surface area contributed by atoms with Crippen molar-refractivity contribution >= 4 is 60.8 Å². The Morgan fingerprint density at radius 2 is 0.767 bits per heavy atom. The van der Waals surface area contributed by atoms with E-state index in [2.05, 4.69) is 0 Å². The van der Waals surface area contributed by atoms with Gasteiger partial charge in [0.2, 0.25) is 0 Å². The second-order valence-corrected chi connectivity index (χ2v) is 4.99. The summed E-state index contributed by atoms with van der Waals surface area (Å²) in [4.78, 5) is 20.0. The summed E-state index contributed by atoms with van der Waals surface area (Å²) in [6.07, 6.45) is -16.2. The summed E-state index contributed by atoms with van der Waals surface area (Å²) in [5.41, 5.74) is 0. The summed E-state index contributed by atoms with van der Waals surface area (Å²) in [5.74, 6) is -3.95. The Balaban J connectivity index is -0.0000000847. The Morgan fingerprint density at radius 3 is 0.900 bits per heavy atom. The van der Waals surface area contributed by atoms with Gasteiger partial charge in [0, 0.05) is 48.9 Å². The topological polar surface area (TPSA) is 283 Å². The minimum Gasteiger partial charge on any atom is -0.547 e. The molecule has 0 aromatic heterocycles. The first kappa shape index (κ1) is 45.6. The summed E-state index contributed by atoms with van der Waals surface area (Å²) >= 11 is 0. The van der Waals surface area contributed by atoms with Crippen molar-refractivity contribution in [3.8, 4) is 0 Å². The zero-order chi connectivity index (χ0) is 21.2. The predicted octanol–water partition coefficient (Wildman–Crippen LogP) is -16.4. The molecule has 0 bridgehead atoms. The second kappa shape index (κ2) is 24.3. The first-order chi connectivity index (χ1) is 11.8. The van der Waals surface area contributed by atoms with E-state index in [9.17, 15) is 19.8 Å².